The molecule has 0 aliphatic carbocycles. The molecule has 2 nitrogen and oxygen atoms in total. The average Bonchev–Trinajstić information content (AvgIpc) is 2.13. The molecule has 0 aliphatic heterocycles. The Morgan fingerprint density at radius 2 is 2.21 bits per heavy atom. The van der Waals surface area contributed by atoms with E-state index in [1.54, 1.807) is 6.07 Å². The molecular formula is C9H7BrClFO2. The van der Waals surface area contributed by atoms with Gasteiger partial charge in [0.1, 0.15) is 0 Å². The molecule has 1 aromatic carbocycles. The average molecular weight is 282 g/mol. The third-order valence-corrected chi connectivity index (χ3v) is 2.87. The Bertz CT molecular complexity index is 368. The van der Waals surface area contributed by atoms with Gasteiger partial charge in [-0.25, -0.2) is 4.39 Å². The van der Waals surface area contributed by atoms with Crippen LogP contribution in [0.5, 0.6) is 0 Å². The van der Waals surface area contributed by atoms with Gasteiger partial charge in [0.2, 0.25) is 0 Å². The molecule has 0 saturated heterocycles. The summed E-state index contributed by atoms with van der Waals surface area (Å²) in [5.74, 6) is -1.46. The largest absolute Gasteiger partial charge is 0.481 e. The molecule has 76 valence electrons. The summed E-state index contributed by atoms with van der Waals surface area (Å²) in [5, 5.41) is 8.48. The van der Waals surface area contributed by atoms with E-state index in [1.807, 2.05) is 0 Å². The lowest BCUT2D eigenvalue weighted by Crippen LogP contribution is -1.99. The number of carboxylic acids is 1. The van der Waals surface area contributed by atoms with Crippen LogP contribution in [0.15, 0.2) is 16.6 Å². The Labute approximate surface area is 93.8 Å². The van der Waals surface area contributed by atoms with E-state index in [1.165, 1.54) is 6.07 Å². The number of hydrogen-bond donors (Lipinski definition) is 1. The Morgan fingerprint density at radius 1 is 1.57 bits per heavy atom. The van der Waals surface area contributed by atoms with Crippen LogP contribution in [0.2, 0.25) is 5.02 Å². The van der Waals surface area contributed by atoms with Crippen LogP contribution in [0.4, 0.5) is 4.39 Å². The van der Waals surface area contributed by atoms with Crippen molar-refractivity contribution in [3.05, 3.63) is 33.0 Å². The molecule has 0 fully saturated rings. The van der Waals surface area contributed by atoms with Gasteiger partial charge in [0.05, 0.1) is 9.50 Å². The minimum absolute atomic E-state index is 0.0240. The van der Waals surface area contributed by atoms with E-state index in [0.717, 1.165) is 0 Å². The van der Waals surface area contributed by atoms with Gasteiger partial charge in [0, 0.05) is 6.42 Å². The standard InChI is InChI=1S/C9H7BrClFO2/c10-8-5(2-4-7(13)14)1-3-6(11)9(8)12/h1,3H,2,4H2,(H,13,14). The summed E-state index contributed by atoms with van der Waals surface area (Å²) in [6.45, 7) is 0. The molecule has 0 saturated carbocycles. The van der Waals surface area contributed by atoms with Gasteiger partial charge in [-0.3, -0.25) is 4.79 Å². The van der Waals surface area contributed by atoms with Gasteiger partial charge in [0.25, 0.3) is 0 Å². The molecule has 14 heavy (non-hydrogen) atoms. The van der Waals surface area contributed by atoms with Crippen LogP contribution in [-0.4, -0.2) is 11.1 Å². The first-order valence-electron chi connectivity index (χ1n) is 3.86. The van der Waals surface area contributed by atoms with Crippen LogP contribution in [-0.2, 0) is 11.2 Å². The van der Waals surface area contributed by atoms with Crippen molar-refractivity contribution in [2.75, 3.05) is 0 Å². The van der Waals surface area contributed by atoms with Crippen LogP contribution < -0.4 is 0 Å². The number of aryl methyl sites for hydroxylation is 1. The molecule has 0 radical (unpaired) electrons. The third kappa shape index (κ3) is 2.69. The molecule has 0 heterocycles. The first kappa shape index (κ1) is 11.5. The Hall–Kier alpha value is -0.610. The van der Waals surface area contributed by atoms with E-state index in [-0.39, 0.29) is 22.3 Å². The lowest BCUT2D eigenvalue weighted by Gasteiger charge is -2.04. The molecule has 0 unspecified atom stereocenters. The lowest BCUT2D eigenvalue weighted by molar-refractivity contribution is -0.136. The van der Waals surface area contributed by atoms with Gasteiger partial charge in [0.15, 0.2) is 5.82 Å². The van der Waals surface area contributed by atoms with Crippen molar-refractivity contribution in [3.8, 4) is 0 Å². The van der Waals surface area contributed by atoms with Crippen molar-refractivity contribution in [1.82, 2.24) is 0 Å². The summed E-state index contributed by atoms with van der Waals surface area (Å²) in [7, 11) is 0. The van der Waals surface area contributed by atoms with E-state index < -0.39 is 11.8 Å². The SMILES string of the molecule is O=C(O)CCc1ccc(Cl)c(F)c1Br. The Morgan fingerprint density at radius 3 is 2.79 bits per heavy atom. The van der Waals surface area contributed by atoms with Gasteiger partial charge in [-0.2, -0.15) is 0 Å². The van der Waals surface area contributed by atoms with Crippen LogP contribution in [0, 0.1) is 5.82 Å². The Kier molecular flexibility index (Phi) is 3.89. The molecule has 1 aromatic rings. The van der Waals surface area contributed by atoms with Crippen LogP contribution in [0.25, 0.3) is 0 Å². The maximum Gasteiger partial charge on any atom is 0.303 e. The number of hydrogen-bond acceptors (Lipinski definition) is 1. The molecule has 5 heteroatoms. The summed E-state index contributed by atoms with van der Waals surface area (Å²) >= 11 is 8.56. The van der Waals surface area contributed by atoms with Crippen LogP contribution >= 0.6 is 27.5 Å². The summed E-state index contributed by atoms with van der Waals surface area (Å²) in [6.07, 6.45) is 0.254. The molecule has 0 aromatic heterocycles. The lowest BCUT2D eigenvalue weighted by atomic mass is 10.1. The highest BCUT2D eigenvalue weighted by Crippen LogP contribution is 2.27. The van der Waals surface area contributed by atoms with Gasteiger partial charge in [-0.1, -0.05) is 17.7 Å². The first-order valence-corrected chi connectivity index (χ1v) is 5.03. The summed E-state index contributed by atoms with van der Waals surface area (Å²) in [4.78, 5) is 10.3. The van der Waals surface area contributed by atoms with E-state index in [0.29, 0.717) is 5.56 Å². The number of aliphatic carboxylic acids is 1. The second kappa shape index (κ2) is 4.75. The van der Waals surface area contributed by atoms with Crippen molar-refractivity contribution in [1.29, 1.82) is 0 Å². The van der Waals surface area contributed by atoms with Gasteiger partial charge in [-0.05, 0) is 34.0 Å². The summed E-state index contributed by atoms with van der Waals surface area (Å²) < 4.78 is 13.4. The van der Waals surface area contributed by atoms with Crippen molar-refractivity contribution in [3.63, 3.8) is 0 Å². The number of rotatable bonds is 3. The minimum Gasteiger partial charge on any atom is -0.481 e. The van der Waals surface area contributed by atoms with Crippen molar-refractivity contribution < 1.29 is 14.3 Å². The van der Waals surface area contributed by atoms with Gasteiger partial charge in [-0.15, -0.1) is 0 Å². The van der Waals surface area contributed by atoms with E-state index >= 15 is 0 Å². The maximum atomic E-state index is 13.2. The zero-order valence-electron chi connectivity index (χ0n) is 7.06. The van der Waals surface area contributed by atoms with Crippen molar-refractivity contribution >= 4 is 33.5 Å². The second-order valence-corrected chi connectivity index (χ2v) is 3.93. The number of carboxylic acid groups (broad SMARTS) is 1. The number of halogens is 3. The minimum atomic E-state index is -0.910. The molecular weight excluding hydrogens is 274 g/mol. The summed E-state index contributed by atoms with van der Waals surface area (Å²) in [6, 6.07) is 3.03. The molecule has 0 bridgehead atoms. The predicted molar refractivity (Wildman–Crippen MR) is 55.1 cm³/mol. The fourth-order valence-electron chi connectivity index (χ4n) is 1.00. The molecule has 0 spiro atoms. The second-order valence-electron chi connectivity index (χ2n) is 2.73. The maximum absolute atomic E-state index is 13.2. The molecule has 0 amide bonds. The van der Waals surface area contributed by atoms with Gasteiger partial charge < -0.3 is 5.11 Å². The van der Waals surface area contributed by atoms with Crippen LogP contribution in [0.3, 0.4) is 0 Å². The van der Waals surface area contributed by atoms with E-state index in [4.69, 9.17) is 16.7 Å². The highest BCUT2D eigenvalue weighted by atomic mass is 79.9. The quantitative estimate of drug-likeness (QED) is 0.864. The number of carbonyl (C=O) groups is 1. The normalized spacial score (nSPS) is 10.2. The third-order valence-electron chi connectivity index (χ3n) is 1.72. The highest BCUT2D eigenvalue weighted by molar-refractivity contribution is 9.10. The van der Waals surface area contributed by atoms with Gasteiger partial charge >= 0.3 is 5.97 Å². The van der Waals surface area contributed by atoms with E-state index in [2.05, 4.69) is 15.9 Å². The molecule has 0 atom stereocenters. The van der Waals surface area contributed by atoms with Crippen molar-refractivity contribution in [2.45, 2.75) is 12.8 Å². The van der Waals surface area contributed by atoms with E-state index in [9.17, 15) is 9.18 Å². The fourth-order valence-corrected chi connectivity index (χ4v) is 1.82. The molecule has 0 aliphatic rings. The zero-order chi connectivity index (χ0) is 10.7. The first-order chi connectivity index (χ1) is 6.52. The topological polar surface area (TPSA) is 37.3 Å². The van der Waals surface area contributed by atoms with Crippen molar-refractivity contribution in [2.24, 2.45) is 0 Å². The Balaban J connectivity index is 2.88. The monoisotopic (exact) mass is 280 g/mol. The van der Waals surface area contributed by atoms with Crippen LogP contribution in [0.1, 0.15) is 12.0 Å². The summed E-state index contributed by atoms with van der Waals surface area (Å²) in [5.41, 5.74) is 0.606. The zero-order valence-corrected chi connectivity index (χ0v) is 9.40. The molecule has 1 N–H and O–H groups in total. The fraction of sp³-hybridized carbons (Fsp3) is 0.222. The number of benzene rings is 1. The smallest absolute Gasteiger partial charge is 0.303 e. The predicted octanol–water partition coefficient (Wildman–Crippen LogP) is 3.26. The highest BCUT2D eigenvalue weighted by Gasteiger charge is 2.10. The molecule has 1 rings (SSSR count).